The lowest BCUT2D eigenvalue weighted by Crippen LogP contribution is -2.42. The molecule has 1 fully saturated rings. The molecule has 2 amide bonds. The molecule has 0 saturated carbocycles. The summed E-state index contributed by atoms with van der Waals surface area (Å²) in [7, 11) is 0. The molecule has 0 spiro atoms. The third kappa shape index (κ3) is 6.20. The Bertz CT molecular complexity index is 1240. The van der Waals surface area contributed by atoms with Gasteiger partial charge < -0.3 is 10.2 Å². The zero-order valence-corrected chi connectivity index (χ0v) is 20.0. The van der Waals surface area contributed by atoms with Crippen molar-refractivity contribution in [2.45, 2.75) is 25.4 Å². The average molecular weight is 486 g/mol. The van der Waals surface area contributed by atoms with Crippen LogP contribution in [0.1, 0.15) is 18.4 Å². The normalized spacial score (nSPS) is 14.0. The zero-order valence-electron chi connectivity index (χ0n) is 19.2. The van der Waals surface area contributed by atoms with Crippen LogP contribution in [-0.4, -0.2) is 40.1 Å². The fourth-order valence-electron chi connectivity index (χ4n) is 4.06. The van der Waals surface area contributed by atoms with Gasteiger partial charge in [0.1, 0.15) is 22.5 Å². The monoisotopic (exact) mass is 485 g/mol. The minimum Gasteiger partial charge on any atom is -0.356 e. The van der Waals surface area contributed by atoms with Crippen LogP contribution in [0.15, 0.2) is 78.4 Å². The van der Waals surface area contributed by atoms with Gasteiger partial charge in [0, 0.05) is 49.0 Å². The van der Waals surface area contributed by atoms with E-state index in [2.05, 4.69) is 60.1 Å². The molecule has 0 bridgehead atoms. The van der Waals surface area contributed by atoms with Crippen molar-refractivity contribution in [3.05, 3.63) is 84.0 Å². The Balaban J connectivity index is 1.12. The molecule has 1 aliphatic rings. The van der Waals surface area contributed by atoms with Gasteiger partial charge in [0.15, 0.2) is 0 Å². The number of aromatic nitrogens is 3. The van der Waals surface area contributed by atoms with Gasteiger partial charge in [-0.1, -0.05) is 36.4 Å². The third-order valence-corrected chi connectivity index (χ3v) is 6.80. The van der Waals surface area contributed by atoms with Crippen LogP contribution >= 0.6 is 11.3 Å². The fraction of sp³-hybridized carbons (Fsp3) is 0.231. The summed E-state index contributed by atoms with van der Waals surface area (Å²) in [4.78, 5) is 27.9. The van der Waals surface area contributed by atoms with E-state index in [9.17, 15) is 4.79 Å². The molecule has 178 valence electrons. The van der Waals surface area contributed by atoms with Crippen LogP contribution in [-0.2, 0) is 6.54 Å². The first-order valence-corrected chi connectivity index (χ1v) is 12.5. The number of thiazole rings is 1. The van der Waals surface area contributed by atoms with Crippen LogP contribution in [0.3, 0.4) is 0 Å². The van der Waals surface area contributed by atoms with Crippen molar-refractivity contribution >= 4 is 34.8 Å². The van der Waals surface area contributed by atoms with E-state index >= 15 is 0 Å². The highest BCUT2D eigenvalue weighted by Crippen LogP contribution is 2.25. The number of urea groups is 1. The Hall–Kier alpha value is -3.82. The van der Waals surface area contributed by atoms with E-state index in [1.165, 1.54) is 16.9 Å². The summed E-state index contributed by atoms with van der Waals surface area (Å²) in [6.07, 6.45) is 5.55. The lowest BCUT2D eigenvalue weighted by atomic mass is 10.0. The van der Waals surface area contributed by atoms with Crippen LogP contribution in [0.25, 0.3) is 10.6 Å². The Morgan fingerprint density at radius 3 is 2.49 bits per heavy atom. The summed E-state index contributed by atoms with van der Waals surface area (Å²) in [6.45, 7) is 2.73. The van der Waals surface area contributed by atoms with Crippen molar-refractivity contribution in [2.24, 2.45) is 0 Å². The maximum atomic E-state index is 12.5. The first-order chi connectivity index (χ1) is 17.2. The lowest BCUT2D eigenvalue weighted by molar-refractivity contribution is 0.262. The first-order valence-electron chi connectivity index (χ1n) is 11.7. The summed E-state index contributed by atoms with van der Waals surface area (Å²) in [5.74, 6) is 1.88. The molecule has 0 atom stereocenters. The molecule has 4 heterocycles. The zero-order chi connectivity index (χ0) is 23.9. The van der Waals surface area contributed by atoms with Crippen LogP contribution in [0, 0.1) is 0 Å². The summed E-state index contributed by atoms with van der Waals surface area (Å²) in [5.41, 5.74) is 2.27. The molecule has 8 nitrogen and oxygen atoms in total. The largest absolute Gasteiger partial charge is 0.356 e. The molecule has 35 heavy (non-hydrogen) atoms. The van der Waals surface area contributed by atoms with Crippen molar-refractivity contribution in [1.82, 2.24) is 20.3 Å². The van der Waals surface area contributed by atoms with Crippen molar-refractivity contribution < 1.29 is 4.79 Å². The molecule has 1 aliphatic heterocycles. The standard InChI is InChI=1S/C26H27N7OS/c34-26(32-23-18-35-25(30-23)20-9-13-27-14-10-20)31-22-7-4-8-24(29-22)33-15-11-21(12-16-33)28-17-19-5-2-1-3-6-19/h1-10,13-14,18,21,28H,11-12,15-17H2,(H2,29,31,32,34). The summed E-state index contributed by atoms with van der Waals surface area (Å²) >= 11 is 1.47. The van der Waals surface area contributed by atoms with Gasteiger partial charge in [-0.2, -0.15) is 0 Å². The highest BCUT2D eigenvalue weighted by molar-refractivity contribution is 7.13. The molecule has 0 radical (unpaired) electrons. The summed E-state index contributed by atoms with van der Waals surface area (Å²) < 4.78 is 0. The molecular weight excluding hydrogens is 458 g/mol. The second-order valence-corrected chi connectivity index (χ2v) is 9.22. The van der Waals surface area contributed by atoms with E-state index < -0.39 is 0 Å². The number of carbonyl (C=O) groups excluding carboxylic acids is 1. The predicted molar refractivity (Wildman–Crippen MR) is 141 cm³/mol. The second-order valence-electron chi connectivity index (χ2n) is 8.36. The number of hydrogen-bond donors (Lipinski definition) is 3. The van der Waals surface area contributed by atoms with Gasteiger partial charge in [-0.15, -0.1) is 11.3 Å². The van der Waals surface area contributed by atoms with Crippen molar-refractivity contribution in [3.8, 4) is 10.6 Å². The Morgan fingerprint density at radius 1 is 0.914 bits per heavy atom. The fourth-order valence-corrected chi connectivity index (χ4v) is 4.82. The van der Waals surface area contributed by atoms with E-state index in [-0.39, 0.29) is 6.03 Å². The van der Waals surface area contributed by atoms with E-state index in [0.29, 0.717) is 17.7 Å². The smallest absolute Gasteiger partial charge is 0.326 e. The molecular formula is C26H27N7OS. The van der Waals surface area contributed by atoms with E-state index in [1.54, 1.807) is 18.5 Å². The van der Waals surface area contributed by atoms with Crippen molar-refractivity contribution in [2.75, 3.05) is 28.6 Å². The number of nitrogens with zero attached hydrogens (tertiary/aromatic N) is 4. The van der Waals surface area contributed by atoms with Crippen molar-refractivity contribution in [3.63, 3.8) is 0 Å². The summed E-state index contributed by atoms with van der Waals surface area (Å²) in [6, 6.07) is 20.1. The minimum absolute atomic E-state index is 0.370. The van der Waals surface area contributed by atoms with Gasteiger partial charge in [-0.3, -0.25) is 15.6 Å². The molecule has 3 aromatic heterocycles. The first kappa shape index (κ1) is 22.9. The molecule has 1 aromatic carbocycles. The van der Waals surface area contributed by atoms with E-state index in [1.807, 2.05) is 35.7 Å². The molecule has 1 saturated heterocycles. The van der Waals surface area contributed by atoms with Crippen LogP contribution < -0.4 is 20.9 Å². The van der Waals surface area contributed by atoms with E-state index in [0.717, 1.165) is 48.9 Å². The maximum absolute atomic E-state index is 12.5. The van der Waals surface area contributed by atoms with Gasteiger partial charge in [0.2, 0.25) is 0 Å². The molecule has 0 unspecified atom stereocenters. The van der Waals surface area contributed by atoms with Gasteiger partial charge in [-0.05, 0) is 42.7 Å². The molecule has 0 aliphatic carbocycles. The highest BCUT2D eigenvalue weighted by atomic mass is 32.1. The number of piperidine rings is 1. The molecule has 3 N–H and O–H groups in total. The highest BCUT2D eigenvalue weighted by Gasteiger charge is 2.20. The van der Waals surface area contributed by atoms with Gasteiger partial charge in [0.05, 0.1) is 0 Å². The molecule has 4 aromatic rings. The molecule has 5 rings (SSSR count). The number of rotatable bonds is 7. The Kier molecular flexibility index (Phi) is 7.26. The predicted octanol–water partition coefficient (Wildman–Crippen LogP) is 5.00. The average Bonchev–Trinajstić information content (AvgIpc) is 3.37. The topological polar surface area (TPSA) is 95.1 Å². The lowest BCUT2D eigenvalue weighted by Gasteiger charge is -2.33. The Morgan fingerprint density at radius 2 is 1.69 bits per heavy atom. The van der Waals surface area contributed by atoms with Crippen LogP contribution in [0.4, 0.5) is 22.2 Å². The number of benzene rings is 1. The van der Waals surface area contributed by atoms with Crippen LogP contribution in [0.2, 0.25) is 0 Å². The maximum Gasteiger partial charge on any atom is 0.326 e. The summed E-state index contributed by atoms with van der Waals surface area (Å²) in [5, 5.41) is 11.9. The van der Waals surface area contributed by atoms with E-state index in [4.69, 9.17) is 0 Å². The number of nitrogens with one attached hydrogen (secondary N) is 3. The second kappa shape index (κ2) is 11.1. The number of pyridine rings is 2. The number of amides is 2. The Labute approximate surface area is 208 Å². The van der Waals surface area contributed by atoms with Gasteiger partial charge in [-0.25, -0.2) is 14.8 Å². The number of anilines is 3. The van der Waals surface area contributed by atoms with Gasteiger partial charge >= 0.3 is 6.03 Å². The van der Waals surface area contributed by atoms with Gasteiger partial charge in [0.25, 0.3) is 0 Å². The molecule has 9 heteroatoms. The SMILES string of the molecule is O=C(Nc1cccc(N2CCC(NCc3ccccc3)CC2)n1)Nc1csc(-c2ccncc2)n1. The quantitative estimate of drug-likeness (QED) is 0.341. The van der Waals surface area contributed by atoms with Crippen LogP contribution in [0.5, 0.6) is 0 Å². The third-order valence-electron chi connectivity index (χ3n) is 5.91. The van der Waals surface area contributed by atoms with Crippen molar-refractivity contribution in [1.29, 1.82) is 0 Å². The number of hydrogen-bond acceptors (Lipinski definition) is 7. The minimum atomic E-state index is -0.370. The number of carbonyl (C=O) groups is 1.